The number of nitrogens with one attached hydrogen (secondary N) is 3. The highest BCUT2D eigenvalue weighted by atomic mass is 127. The van der Waals surface area contributed by atoms with Gasteiger partial charge in [0.15, 0.2) is 5.96 Å². The van der Waals surface area contributed by atoms with E-state index in [-0.39, 0.29) is 30.0 Å². The number of unbranched alkanes of at least 4 members (excludes halogenated alkanes) is 1. The molecular weight excluding hydrogens is 489 g/mol. The maximum atomic E-state index is 11.8. The molecule has 0 aromatic heterocycles. The van der Waals surface area contributed by atoms with Crippen molar-refractivity contribution in [3.05, 3.63) is 65.2 Å². The molecule has 2 amide bonds. The zero-order chi connectivity index (χ0) is 21.1. The van der Waals surface area contributed by atoms with Crippen LogP contribution in [0.5, 0.6) is 0 Å². The van der Waals surface area contributed by atoms with E-state index in [2.05, 4.69) is 54.1 Å². The first kappa shape index (κ1) is 25.7. The molecule has 0 saturated carbocycles. The summed E-state index contributed by atoms with van der Waals surface area (Å²) in [5.41, 5.74) is 4.27. The third-order valence-corrected chi connectivity index (χ3v) is 4.41. The summed E-state index contributed by atoms with van der Waals surface area (Å²) in [4.78, 5) is 18.1. The van der Waals surface area contributed by atoms with Gasteiger partial charge in [-0.25, -0.2) is 9.79 Å². The summed E-state index contributed by atoms with van der Waals surface area (Å²) in [6, 6.07) is 16.1. The van der Waals surface area contributed by atoms with Crippen LogP contribution in [0.3, 0.4) is 0 Å². The Morgan fingerprint density at radius 2 is 1.77 bits per heavy atom. The van der Waals surface area contributed by atoms with E-state index in [1.54, 1.807) is 14.1 Å². The Hall–Kier alpha value is -2.29. The topological polar surface area (TPSA) is 68.8 Å². The maximum absolute atomic E-state index is 11.8. The van der Waals surface area contributed by atoms with Gasteiger partial charge in [-0.15, -0.1) is 24.0 Å². The fourth-order valence-corrected chi connectivity index (χ4v) is 2.60. The SMILES string of the molecule is CCCCNC(=NCc1cccc(NC(=O)N(C)C)c1)NCc1ccc(C)cc1.I. The minimum atomic E-state index is -0.146. The molecule has 2 rings (SSSR count). The van der Waals surface area contributed by atoms with Crippen LogP contribution in [0.4, 0.5) is 10.5 Å². The molecule has 7 heteroatoms. The number of anilines is 1. The Labute approximate surface area is 197 Å². The van der Waals surface area contributed by atoms with Gasteiger partial charge in [0, 0.05) is 32.9 Å². The van der Waals surface area contributed by atoms with Gasteiger partial charge in [-0.1, -0.05) is 55.3 Å². The number of hydrogen-bond acceptors (Lipinski definition) is 2. The summed E-state index contributed by atoms with van der Waals surface area (Å²) in [7, 11) is 3.44. The number of rotatable bonds is 8. The third kappa shape index (κ3) is 9.47. The van der Waals surface area contributed by atoms with Crippen molar-refractivity contribution >= 4 is 41.7 Å². The van der Waals surface area contributed by atoms with Gasteiger partial charge in [-0.2, -0.15) is 0 Å². The normalized spacial score (nSPS) is 10.7. The van der Waals surface area contributed by atoms with Crippen LogP contribution in [-0.4, -0.2) is 37.5 Å². The third-order valence-electron chi connectivity index (χ3n) is 4.41. The lowest BCUT2D eigenvalue weighted by molar-refractivity contribution is 0.230. The van der Waals surface area contributed by atoms with E-state index in [9.17, 15) is 4.79 Å². The zero-order valence-electron chi connectivity index (χ0n) is 18.4. The van der Waals surface area contributed by atoms with E-state index in [0.29, 0.717) is 6.54 Å². The van der Waals surface area contributed by atoms with Gasteiger partial charge in [-0.3, -0.25) is 0 Å². The molecule has 0 saturated heterocycles. The first-order chi connectivity index (χ1) is 14.0. The van der Waals surface area contributed by atoms with E-state index < -0.39 is 0 Å². The Morgan fingerprint density at radius 1 is 1.03 bits per heavy atom. The second-order valence-electron chi connectivity index (χ2n) is 7.31. The summed E-state index contributed by atoms with van der Waals surface area (Å²) < 4.78 is 0. The molecule has 2 aromatic rings. The van der Waals surface area contributed by atoms with E-state index in [1.165, 1.54) is 16.0 Å². The molecule has 0 fully saturated rings. The molecule has 0 aliphatic carbocycles. The Kier molecular flexibility index (Phi) is 11.9. The van der Waals surface area contributed by atoms with Gasteiger partial charge in [0.1, 0.15) is 0 Å². The largest absolute Gasteiger partial charge is 0.356 e. The number of nitrogens with zero attached hydrogens (tertiary/aromatic N) is 2. The number of hydrogen-bond donors (Lipinski definition) is 3. The highest BCUT2D eigenvalue weighted by molar-refractivity contribution is 14.0. The molecule has 0 bridgehead atoms. The summed E-state index contributed by atoms with van der Waals surface area (Å²) in [6.07, 6.45) is 2.23. The second-order valence-corrected chi connectivity index (χ2v) is 7.31. The van der Waals surface area contributed by atoms with E-state index in [0.717, 1.165) is 43.1 Å². The van der Waals surface area contributed by atoms with Gasteiger partial charge in [0.05, 0.1) is 6.54 Å². The number of carbonyl (C=O) groups excluding carboxylic acids is 1. The van der Waals surface area contributed by atoms with E-state index in [1.807, 2.05) is 24.3 Å². The minimum absolute atomic E-state index is 0. The molecule has 0 aliphatic heterocycles. The Morgan fingerprint density at radius 3 is 2.43 bits per heavy atom. The molecule has 3 N–H and O–H groups in total. The minimum Gasteiger partial charge on any atom is -0.356 e. The number of aryl methyl sites for hydroxylation is 1. The van der Waals surface area contributed by atoms with Gasteiger partial charge in [0.2, 0.25) is 0 Å². The molecule has 164 valence electrons. The summed E-state index contributed by atoms with van der Waals surface area (Å²) in [5.74, 6) is 0.793. The number of amides is 2. The number of benzene rings is 2. The highest BCUT2D eigenvalue weighted by Gasteiger charge is 2.05. The molecular formula is C23H34IN5O. The molecule has 0 aliphatic rings. The number of halogens is 1. The van der Waals surface area contributed by atoms with Crippen molar-refractivity contribution in [1.29, 1.82) is 0 Å². The average Bonchev–Trinajstić information content (AvgIpc) is 2.71. The molecule has 6 nitrogen and oxygen atoms in total. The van der Waals surface area contributed by atoms with Crippen molar-refractivity contribution in [1.82, 2.24) is 15.5 Å². The fourth-order valence-electron chi connectivity index (χ4n) is 2.60. The lowest BCUT2D eigenvalue weighted by Gasteiger charge is -2.14. The molecule has 0 unspecified atom stereocenters. The van der Waals surface area contributed by atoms with Crippen LogP contribution in [0, 0.1) is 6.92 Å². The van der Waals surface area contributed by atoms with Crippen LogP contribution in [0.1, 0.15) is 36.5 Å². The standard InChI is InChI=1S/C23H33N5O.HI/c1-5-6-14-24-22(25-16-19-12-10-18(2)11-13-19)26-17-20-8-7-9-21(15-20)27-23(29)28(3)4;/h7-13,15H,5-6,14,16-17H2,1-4H3,(H,27,29)(H2,24,25,26);1H. The van der Waals surface area contributed by atoms with Crippen molar-refractivity contribution in [2.45, 2.75) is 39.8 Å². The number of aliphatic imine (C=N–C) groups is 1. The van der Waals surface area contributed by atoms with Gasteiger partial charge in [0.25, 0.3) is 0 Å². The van der Waals surface area contributed by atoms with Crippen molar-refractivity contribution in [3.63, 3.8) is 0 Å². The first-order valence-corrected chi connectivity index (χ1v) is 10.1. The predicted octanol–water partition coefficient (Wildman–Crippen LogP) is 4.74. The quantitative estimate of drug-likeness (QED) is 0.203. The predicted molar refractivity (Wildman–Crippen MR) is 137 cm³/mol. The monoisotopic (exact) mass is 523 g/mol. The van der Waals surface area contributed by atoms with Crippen LogP contribution >= 0.6 is 24.0 Å². The average molecular weight is 523 g/mol. The number of carbonyl (C=O) groups is 1. The maximum Gasteiger partial charge on any atom is 0.321 e. The molecule has 2 aromatic carbocycles. The lowest BCUT2D eigenvalue weighted by Crippen LogP contribution is -2.37. The lowest BCUT2D eigenvalue weighted by atomic mass is 10.1. The van der Waals surface area contributed by atoms with Crippen LogP contribution in [0.25, 0.3) is 0 Å². The van der Waals surface area contributed by atoms with E-state index in [4.69, 9.17) is 4.99 Å². The van der Waals surface area contributed by atoms with Crippen molar-refractivity contribution in [2.75, 3.05) is 26.0 Å². The molecule has 0 heterocycles. The van der Waals surface area contributed by atoms with Crippen LogP contribution < -0.4 is 16.0 Å². The fraction of sp³-hybridized carbons (Fsp3) is 0.391. The smallest absolute Gasteiger partial charge is 0.321 e. The Balaban J connectivity index is 0.00000450. The van der Waals surface area contributed by atoms with Gasteiger partial charge < -0.3 is 20.9 Å². The van der Waals surface area contributed by atoms with Gasteiger partial charge >= 0.3 is 6.03 Å². The van der Waals surface area contributed by atoms with E-state index >= 15 is 0 Å². The molecule has 0 atom stereocenters. The van der Waals surface area contributed by atoms with Crippen molar-refractivity contribution < 1.29 is 4.79 Å². The molecule has 0 radical (unpaired) electrons. The second kappa shape index (κ2) is 13.8. The summed E-state index contributed by atoms with van der Waals surface area (Å²) in [6.45, 7) is 6.39. The molecule has 30 heavy (non-hydrogen) atoms. The van der Waals surface area contributed by atoms with Crippen molar-refractivity contribution in [3.8, 4) is 0 Å². The summed E-state index contributed by atoms with van der Waals surface area (Å²) >= 11 is 0. The highest BCUT2D eigenvalue weighted by Crippen LogP contribution is 2.12. The van der Waals surface area contributed by atoms with Crippen LogP contribution in [-0.2, 0) is 13.1 Å². The Bertz CT molecular complexity index is 805. The molecule has 0 spiro atoms. The first-order valence-electron chi connectivity index (χ1n) is 10.1. The number of guanidine groups is 1. The van der Waals surface area contributed by atoms with Crippen LogP contribution in [0.15, 0.2) is 53.5 Å². The van der Waals surface area contributed by atoms with Crippen molar-refractivity contribution in [2.24, 2.45) is 4.99 Å². The zero-order valence-corrected chi connectivity index (χ0v) is 20.7. The summed E-state index contributed by atoms with van der Waals surface area (Å²) in [5, 5.41) is 9.68. The number of urea groups is 1. The van der Waals surface area contributed by atoms with Gasteiger partial charge in [-0.05, 0) is 36.6 Å². The van der Waals surface area contributed by atoms with Crippen LogP contribution in [0.2, 0.25) is 0 Å².